The Hall–Kier alpha value is -2.50. The fraction of sp³-hybridized carbons (Fsp3) is 0.375. The number of fused-ring (bicyclic) bond motifs is 1. The summed E-state index contributed by atoms with van der Waals surface area (Å²) in [4.78, 5) is 16.8. The quantitative estimate of drug-likeness (QED) is 0.531. The summed E-state index contributed by atoms with van der Waals surface area (Å²) < 4.78 is 7.14. The Morgan fingerprint density at radius 1 is 1.03 bits per heavy atom. The molecule has 0 aliphatic carbocycles. The molecule has 2 heterocycles. The van der Waals surface area contributed by atoms with Gasteiger partial charge >= 0.3 is 5.97 Å². The molecular weight excluding hydrogens is 398 g/mol. The monoisotopic (exact) mass is 425 g/mol. The van der Waals surface area contributed by atoms with E-state index in [-0.39, 0.29) is 12.5 Å². The maximum atomic E-state index is 12.0. The first-order valence-electron chi connectivity index (χ1n) is 10.6. The molecule has 5 nitrogen and oxygen atoms in total. The fourth-order valence-corrected chi connectivity index (χ4v) is 4.45. The highest BCUT2D eigenvalue weighted by Gasteiger charge is 2.19. The van der Waals surface area contributed by atoms with Crippen molar-refractivity contribution in [1.29, 1.82) is 0 Å². The van der Waals surface area contributed by atoms with Crippen LogP contribution in [0.4, 0.5) is 5.69 Å². The number of aromatic nitrogens is 1. The molecule has 0 radical (unpaired) electrons. The van der Waals surface area contributed by atoms with Crippen LogP contribution >= 0.6 is 11.6 Å². The maximum Gasteiger partial charge on any atom is 0.325 e. The van der Waals surface area contributed by atoms with Crippen LogP contribution in [-0.4, -0.2) is 54.8 Å². The van der Waals surface area contributed by atoms with Crippen LogP contribution in [0, 0.1) is 0 Å². The smallest absolute Gasteiger partial charge is 0.325 e. The first-order valence-corrected chi connectivity index (χ1v) is 11.0. The molecule has 1 fully saturated rings. The standard InChI is InChI=1S/C24H28ClN3O2/c1-2-30-24(29)18-28-17-19(20-7-3-5-9-22(20)28)11-12-26-13-15-27(16-14-26)23-10-6-4-8-21(23)25/h3-10,17H,2,11-16,18H2,1H3. The number of ether oxygens (including phenoxy) is 1. The first kappa shape index (κ1) is 20.8. The lowest BCUT2D eigenvalue weighted by atomic mass is 10.1. The van der Waals surface area contributed by atoms with Gasteiger partial charge in [0.05, 0.1) is 17.3 Å². The Balaban J connectivity index is 1.38. The van der Waals surface area contributed by atoms with Crippen molar-refractivity contribution in [2.75, 3.05) is 44.2 Å². The molecule has 0 saturated carbocycles. The number of hydrogen-bond donors (Lipinski definition) is 0. The third kappa shape index (κ3) is 4.63. The van der Waals surface area contributed by atoms with Gasteiger partial charge in [-0.15, -0.1) is 0 Å². The van der Waals surface area contributed by atoms with Gasteiger partial charge < -0.3 is 14.2 Å². The summed E-state index contributed by atoms with van der Waals surface area (Å²) in [6, 6.07) is 16.3. The lowest BCUT2D eigenvalue weighted by Crippen LogP contribution is -2.47. The Kier molecular flexibility index (Phi) is 6.60. The molecule has 6 heteroatoms. The fourth-order valence-electron chi connectivity index (χ4n) is 4.20. The topological polar surface area (TPSA) is 37.7 Å². The molecule has 3 aromatic rings. The van der Waals surface area contributed by atoms with Crippen molar-refractivity contribution < 1.29 is 9.53 Å². The molecule has 1 aliphatic heterocycles. The van der Waals surface area contributed by atoms with Crippen LogP contribution < -0.4 is 4.90 Å². The number of halogens is 1. The molecule has 1 saturated heterocycles. The van der Waals surface area contributed by atoms with E-state index in [1.807, 2.05) is 35.8 Å². The van der Waals surface area contributed by atoms with E-state index in [0.717, 1.165) is 55.4 Å². The molecule has 1 aliphatic rings. The number of piperazine rings is 1. The number of rotatable bonds is 7. The van der Waals surface area contributed by atoms with Crippen LogP contribution in [0.1, 0.15) is 12.5 Å². The molecule has 30 heavy (non-hydrogen) atoms. The Morgan fingerprint density at radius 3 is 2.53 bits per heavy atom. The molecule has 0 atom stereocenters. The van der Waals surface area contributed by atoms with Crippen molar-refractivity contribution in [1.82, 2.24) is 9.47 Å². The highest BCUT2D eigenvalue weighted by molar-refractivity contribution is 6.33. The molecule has 0 unspecified atom stereocenters. The van der Waals surface area contributed by atoms with Gasteiger partial charge in [0, 0.05) is 49.8 Å². The van der Waals surface area contributed by atoms with E-state index >= 15 is 0 Å². The molecule has 0 amide bonds. The zero-order chi connectivity index (χ0) is 20.9. The molecule has 0 spiro atoms. The molecule has 0 N–H and O–H groups in total. The largest absolute Gasteiger partial charge is 0.465 e. The van der Waals surface area contributed by atoms with E-state index in [9.17, 15) is 4.79 Å². The number of para-hydroxylation sites is 2. The Morgan fingerprint density at radius 2 is 1.77 bits per heavy atom. The molecule has 4 rings (SSSR count). The minimum Gasteiger partial charge on any atom is -0.465 e. The van der Waals surface area contributed by atoms with E-state index < -0.39 is 0 Å². The van der Waals surface area contributed by atoms with Gasteiger partial charge in [-0.2, -0.15) is 0 Å². The predicted octanol–water partition coefficient (Wildman–Crippen LogP) is 4.22. The van der Waals surface area contributed by atoms with Gasteiger partial charge in [0.25, 0.3) is 0 Å². The average Bonchev–Trinajstić information content (AvgIpc) is 3.11. The lowest BCUT2D eigenvalue weighted by molar-refractivity contribution is -0.143. The lowest BCUT2D eigenvalue weighted by Gasteiger charge is -2.36. The number of carbonyl (C=O) groups excluding carboxylic acids is 1. The van der Waals surface area contributed by atoms with E-state index in [2.05, 4.69) is 40.3 Å². The van der Waals surface area contributed by atoms with Crippen molar-refractivity contribution in [3.8, 4) is 0 Å². The van der Waals surface area contributed by atoms with Crippen LogP contribution in [0.25, 0.3) is 10.9 Å². The summed E-state index contributed by atoms with van der Waals surface area (Å²) in [6.07, 6.45) is 3.07. The van der Waals surface area contributed by atoms with Gasteiger partial charge in [-0.25, -0.2) is 0 Å². The van der Waals surface area contributed by atoms with Crippen LogP contribution in [0.3, 0.4) is 0 Å². The van der Waals surface area contributed by atoms with Gasteiger partial charge in [-0.1, -0.05) is 41.9 Å². The molecule has 1 aromatic heterocycles. The normalized spacial score (nSPS) is 14.9. The van der Waals surface area contributed by atoms with E-state index in [1.165, 1.54) is 10.9 Å². The van der Waals surface area contributed by atoms with Crippen molar-refractivity contribution in [3.05, 3.63) is 65.3 Å². The van der Waals surface area contributed by atoms with Gasteiger partial charge in [-0.05, 0) is 37.1 Å². The average molecular weight is 426 g/mol. The molecule has 0 bridgehead atoms. The number of nitrogens with zero attached hydrogens (tertiary/aromatic N) is 3. The number of esters is 1. The van der Waals surface area contributed by atoms with Crippen LogP contribution in [0.5, 0.6) is 0 Å². The Bertz CT molecular complexity index is 1010. The zero-order valence-electron chi connectivity index (χ0n) is 17.4. The molecular formula is C24H28ClN3O2. The van der Waals surface area contributed by atoms with Gasteiger partial charge in [0.15, 0.2) is 0 Å². The second kappa shape index (κ2) is 9.54. The predicted molar refractivity (Wildman–Crippen MR) is 122 cm³/mol. The second-order valence-corrected chi connectivity index (χ2v) is 8.04. The van der Waals surface area contributed by atoms with E-state index in [1.54, 1.807) is 0 Å². The summed E-state index contributed by atoms with van der Waals surface area (Å²) >= 11 is 6.36. The van der Waals surface area contributed by atoms with Crippen molar-refractivity contribution >= 4 is 34.2 Å². The summed E-state index contributed by atoms with van der Waals surface area (Å²) in [5, 5.41) is 2.04. The summed E-state index contributed by atoms with van der Waals surface area (Å²) in [6.45, 7) is 7.50. The highest BCUT2D eigenvalue weighted by Crippen LogP contribution is 2.26. The van der Waals surface area contributed by atoms with Crippen molar-refractivity contribution in [2.45, 2.75) is 19.9 Å². The van der Waals surface area contributed by atoms with Crippen LogP contribution in [0.15, 0.2) is 54.7 Å². The minimum atomic E-state index is -0.194. The SMILES string of the molecule is CCOC(=O)Cn1cc(CCN2CCN(c3ccccc3Cl)CC2)c2ccccc21. The zero-order valence-corrected chi connectivity index (χ0v) is 18.1. The van der Waals surface area contributed by atoms with Crippen LogP contribution in [0.2, 0.25) is 5.02 Å². The number of hydrogen-bond acceptors (Lipinski definition) is 4. The van der Waals surface area contributed by atoms with E-state index in [4.69, 9.17) is 16.3 Å². The number of anilines is 1. The number of carbonyl (C=O) groups is 1. The second-order valence-electron chi connectivity index (χ2n) is 7.63. The summed E-state index contributed by atoms with van der Waals surface area (Å²) in [5.41, 5.74) is 3.49. The first-order chi connectivity index (χ1) is 14.7. The summed E-state index contributed by atoms with van der Waals surface area (Å²) in [7, 11) is 0. The highest BCUT2D eigenvalue weighted by atomic mass is 35.5. The van der Waals surface area contributed by atoms with Crippen molar-refractivity contribution in [2.24, 2.45) is 0 Å². The van der Waals surface area contributed by atoms with Gasteiger partial charge in [-0.3, -0.25) is 9.69 Å². The van der Waals surface area contributed by atoms with Crippen LogP contribution in [-0.2, 0) is 22.5 Å². The minimum absolute atomic E-state index is 0.194. The van der Waals surface area contributed by atoms with Gasteiger partial charge in [0.1, 0.15) is 6.54 Å². The van der Waals surface area contributed by atoms with Crippen molar-refractivity contribution in [3.63, 3.8) is 0 Å². The third-order valence-corrected chi connectivity index (χ3v) is 6.06. The molecule has 2 aromatic carbocycles. The third-order valence-electron chi connectivity index (χ3n) is 5.74. The van der Waals surface area contributed by atoms with E-state index in [0.29, 0.717) is 6.61 Å². The molecule has 158 valence electrons. The maximum absolute atomic E-state index is 12.0. The Labute approximate surface area is 182 Å². The summed E-state index contributed by atoms with van der Waals surface area (Å²) in [5.74, 6) is -0.194. The van der Waals surface area contributed by atoms with Gasteiger partial charge in [0.2, 0.25) is 0 Å². The number of benzene rings is 2.